The summed E-state index contributed by atoms with van der Waals surface area (Å²) in [6.07, 6.45) is 35.7. The second-order valence-corrected chi connectivity index (χ2v) is 11.9. The van der Waals surface area contributed by atoms with Crippen molar-refractivity contribution in [3.63, 3.8) is 0 Å². The van der Waals surface area contributed by atoms with Gasteiger partial charge in [0.2, 0.25) is 0 Å². The molecule has 39 heavy (non-hydrogen) atoms. The monoisotopic (exact) mass is 555 g/mol. The van der Waals surface area contributed by atoms with Gasteiger partial charge in [-0.15, -0.1) is 0 Å². The second-order valence-electron chi connectivity index (χ2n) is 11.9. The fourth-order valence-corrected chi connectivity index (χ4v) is 5.25. The van der Waals surface area contributed by atoms with Crippen LogP contribution < -0.4 is 0 Å². The molecule has 0 saturated carbocycles. The zero-order valence-electron chi connectivity index (χ0n) is 26.7. The number of aliphatic hydroxyl groups excluding tert-OH is 1. The molecule has 4 nitrogen and oxygen atoms in total. The normalized spacial score (nSPS) is 12.2. The van der Waals surface area contributed by atoms with E-state index in [0.29, 0.717) is 13.0 Å². The summed E-state index contributed by atoms with van der Waals surface area (Å²) in [7, 11) is 0. The van der Waals surface area contributed by atoms with Crippen LogP contribution in [0.5, 0.6) is 0 Å². The molecule has 0 aromatic carbocycles. The molecule has 0 aromatic heterocycles. The van der Waals surface area contributed by atoms with Gasteiger partial charge in [-0.25, -0.2) is 0 Å². The molecule has 0 unspecified atom stereocenters. The van der Waals surface area contributed by atoms with Crippen LogP contribution in [0.15, 0.2) is 0 Å². The Hall–Kier alpha value is -0.610. The van der Waals surface area contributed by atoms with E-state index < -0.39 is 0 Å². The molecule has 0 radical (unpaired) electrons. The van der Waals surface area contributed by atoms with Gasteiger partial charge in [-0.3, -0.25) is 4.79 Å². The maximum atomic E-state index is 12.0. The van der Waals surface area contributed by atoms with Crippen LogP contribution in [-0.2, 0) is 14.3 Å². The van der Waals surface area contributed by atoms with Crippen molar-refractivity contribution >= 4 is 5.97 Å². The van der Waals surface area contributed by atoms with Gasteiger partial charge in [0, 0.05) is 13.0 Å². The van der Waals surface area contributed by atoms with Crippen molar-refractivity contribution in [3.8, 4) is 0 Å². The lowest BCUT2D eigenvalue weighted by atomic mass is 10.0. The Bertz CT molecular complexity index is 468. The van der Waals surface area contributed by atoms with Crippen molar-refractivity contribution in [3.05, 3.63) is 0 Å². The molecule has 0 aliphatic rings. The molecule has 0 spiro atoms. The molecule has 1 N–H and O–H groups in total. The third kappa shape index (κ3) is 31.8. The van der Waals surface area contributed by atoms with E-state index in [4.69, 9.17) is 9.47 Å². The predicted molar refractivity (Wildman–Crippen MR) is 168 cm³/mol. The molecule has 0 aliphatic carbocycles. The molecule has 0 saturated heterocycles. The first-order chi connectivity index (χ1) is 19.2. The minimum atomic E-state index is -0.387. The van der Waals surface area contributed by atoms with Gasteiger partial charge < -0.3 is 14.6 Å². The number of hydrogen-bond acceptors (Lipinski definition) is 4. The van der Waals surface area contributed by atoms with Crippen molar-refractivity contribution in [2.24, 2.45) is 0 Å². The lowest BCUT2D eigenvalue weighted by molar-refractivity contribution is -0.149. The van der Waals surface area contributed by atoms with Crippen LogP contribution in [0, 0.1) is 0 Å². The second kappa shape index (κ2) is 33.6. The Labute approximate surface area is 244 Å². The number of hydrogen-bond donors (Lipinski definition) is 1. The van der Waals surface area contributed by atoms with E-state index in [1.807, 2.05) is 0 Å². The Balaban J connectivity index is 3.39. The summed E-state index contributed by atoms with van der Waals surface area (Å²) in [5.74, 6) is -0.156. The van der Waals surface area contributed by atoms with E-state index in [9.17, 15) is 9.90 Å². The predicted octanol–water partition coefficient (Wildman–Crippen LogP) is 10.9. The minimum Gasteiger partial charge on any atom is -0.463 e. The van der Waals surface area contributed by atoms with Crippen molar-refractivity contribution in [2.75, 3.05) is 19.8 Å². The molecule has 0 amide bonds. The molecule has 234 valence electrons. The van der Waals surface area contributed by atoms with Gasteiger partial charge in [-0.05, 0) is 12.8 Å². The maximum Gasteiger partial charge on any atom is 0.305 e. The zero-order valence-corrected chi connectivity index (χ0v) is 26.7. The average molecular weight is 555 g/mol. The Morgan fingerprint density at radius 1 is 0.513 bits per heavy atom. The van der Waals surface area contributed by atoms with Crippen molar-refractivity contribution in [1.29, 1.82) is 0 Å². The topological polar surface area (TPSA) is 55.8 Å². The van der Waals surface area contributed by atoms with Gasteiger partial charge in [-0.2, -0.15) is 0 Å². The van der Waals surface area contributed by atoms with Gasteiger partial charge in [-0.1, -0.05) is 174 Å². The highest BCUT2D eigenvalue weighted by atomic mass is 16.6. The molecule has 0 bridgehead atoms. The van der Waals surface area contributed by atoms with Crippen LogP contribution in [0.4, 0.5) is 0 Å². The van der Waals surface area contributed by atoms with Gasteiger partial charge in [0.25, 0.3) is 0 Å². The number of aliphatic hydroxyl groups is 1. The molecule has 0 aliphatic heterocycles. The number of ether oxygens (including phenoxy) is 2. The fraction of sp³-hybridized carbons (Fsp3) is 0.971. The van der Waals surface area contributed by atoms with Gasteiger partial charge >= 0.3 is 5.97 Å². The summed E-state index contributed by atoms with van der Waals surface area (Å²) < 4.78 is 11.1. The average Bonchev–Trinajstić information content (AvgIpc) is 2.95. The number of esters is 1. The van der Waals surface area contributed by atoms with Gasteiger partial charge in [0.1, 0.15) is 12.7 Å². The molecule has 1 atom stereocenters. The minimum absolute atomic E-state index is 0.0926. The fourth-order valence-electron chi connectivity index (χ4n) is 5.25. The Morgan fingerprint density at radius 2 is 0.846 bits per heavy atom. The molecular weight excluding hydrogens is 484 g/mol. The van der Waals surface area contributed by atoms with Gasteiger partial charge in [0.15, 0.2) is 0 Å². The maximum absolute atomic E-state index is 12.0. The van der Waals surface area contributed by atoms with Crippen LogP contribution >= 0.6 is 0 Å². The molecular formula is C35H70O4. The highest BCUT2D eigenvalue weighted by Crippen LogP contribution is 2.14. The molecule has 0 aromatic rings. The summed E-state index contributed by atoms with van der Waals surface area (Å²) >= 11 is 0. The summed E-state index contributed by atoms with van der Waals surface area (Å²) in [6, 6.07) is 0. The molecule has 0 fully saturated rings. The summed E-state index contributed by atoms with van der Waals surface area (Å²) in [4.78, 5) is 12.0. The number of rotatable bonds is 33. The van der Waals surface area contributed by atoms with Crippen LogP contribution in [0.1, 0.15) is 194 Å². The quantitative estimate of drug-likeness (QED) is 0.0647. The van der Waals surface area contributed by atoms with Gasteiger partial charge in [0.05, 0.1) is 6.61 Å². The van der Waals surface area contributed by atoms with E-state index in [-0.39, 0.29) is 25.3 Å². The third-order valence-electron chi connectivity index (χ3n) is 7.97. The number of carbonyl (C=O) groups excluding carboxylic acids is 1. The van der Waals surface area contributed by atoms with E-state index in [1.165, 1.54) is 154 Å². The van der Waals surface area contributed by atoms with E-state index in [0.717, 1.165) is 19.3 Å². The summed E-state index contributed by atoms with van der Waals surface area (Å²) in [6.45, 7) is 5.27. The Kier molecular flexibility index (Phi) is 33.1. The van der Waals surface area contributed by atoms with E-state index in [1.54, 1.807) is 0 Å². The van der Waals surface area contributed by atoms with E-state index >= 15 is 0 Å². The highest BCUT2D eigenvalue weighted by molar-refractivity contribution is 5.69. The lowest BCUT2D eigenvalue weighted by Gasteiger charge is -2.15. The number of unbranched alkanes of at least 4 members (excludes halogenated alkanes) is 25. The third-order valence-corrected chi connectivity index (χ3v) is 7.97. The van der Waals surface area contributed by atoms with Crippen LogP contribution in [0.3, 0.4) is 0 Å². The van der Waals surface area contributed by atoms with Crippen LogP contribution in [-0.4, -0.2) is 37.0 Å². The van der Waals surface area contributed by atoms with E-state index in [2.05, 4.69) is 13.8 Å². The molecule has 4 heteroatoms. The van der Waals surface area contributed by atoms with Crippen LogP contribution in [0.25, 0.3) is 0 Å². The van der Waals surface area contributed by atoms with Crippen LogP contribution in [0.2, 0.25) is 0 Å². The van der Waals surface area contributed by atoms with Crippen molar-refractivity contribution in [1.82, 2.24) is 0 Å². The zero-order chi connectivity index (χ0) is 28.5. The summed E-state index contributed by atoms with van der Waals surface area (Å²) in [5.41, 5.74) is 0. The lowest BCUT2D eigenvalue weighted by Crippen LogP contribution is -2.26. The SMILES string of the molecule is CCCCCCCCCCCCCCCCO[C@@H](CO)COC(=O)CCCCCCCCCCCCCCC. The molecule has 0 heterocycles. The standard InChI is InChI=1S/C35H70O4/c1-3-5-7-9-11-13-15-17-19-21-23-25-27-29-31-38-34(32-36)33-39-35(37)30-28-26-24-22-20-18-16-14-12-10-8-6-4-2/h34,36H,3-33H2,1-2H3/t34-/m0/s1. The summed E-state index contributed by atoms with van der Waals surface area (Å²) in [5, 5.41) is 9.54. The molecule has 0 rings (SSSR count). The van der Waals surface area contributed by atoms with Crippen molar-refractivity contribution < 1.29 is 19.4 Å². The Morgan fingerprint density at radius 3 is 1.21 bits per heavy atom. The largest absolute Gasteiger partial charge is 0.463 e. The first-order valence-electron chi connectivity index (χ1n) is 17.6. The number of carbonyl (C=O) groups is 1. The first kappa shape index (κ1) is 38.4. The smallest absolute Gasteiger partial charge is 0.305 e. The highest BCUT2D eigenvalue weighted by Gasteiger charge is 2.11. The van der Waals surface area contributed by atoms with Crippen molar-refractivity contribution in [2.45, 2.75) is 200 Å². The first-order valence-corrected chi connectivity index (χ1v) is 17.6.